The van der Waals surface area contributed by atoms with Crippen LogP contribution in [0.3, 0.4) is 0 Å². The minimum atomic E-state index is -0.732. The number of halogens is 2. The Morgan fingerprint density at radius 2 is 2.22 bits per heavy atom. The van der Waals surface area contributed by atoms with Crippen LogP contribution in [0.15, 0.2) is 36.7 Å². The van der Waals surface area contributed by atoms with Gasteiger partial charge in [-0.2, -0.15) is 5.10 Å². The summed E-state index contributed by atoms with van der Waals surface area (Å²) in [5.41, 5.74) is -0.351. The Balaban J connectivity index is 2.00. The highest BCUT2D eigenvalue weighted by molar-refractivity contribution is 5.30. The highest BCUT2D eigenvalue weighted by atomic mass is 19.1. The van der Waals surface area contributed by atoms with Gasteiger partial charge in [-0.15, -0.1) is 0 Å². The molecule has 1 saturated heterocycles. The number of benzene rings is 1. The summed E-state index contributed by atoms with van der Waals surface area (Å²) in [6, 6.07) is 5.23. The molecule has 0 N–H and O–H groups in total. The number of ether oxygens (including phenoxy) is 1. The molecular weight excluding hydrogens is 238 g/mol. The van der Waals surface area contributed by atoms with Gasteiger partial charge in [-0.1, -0.05) is 6.07 Å². The van der Waals surface area contributed by atoms with Crippen molar-refractivity contribution in [2.45, 2.75) is 18.6 Å². The van der Waals surface area contributed by atoms with Crippen LogP contribution < -0.4 is 0 Å². The monoisotopic (exact) mass is 250 g/mol. The third kappa shape index (κ3) is 1.62. The van der Waals surface area contributed by atoms with Crippen LogP contribution in [0.2, 0.25) is 0 Å². The average Bonchev–Trinajstić information content (AvgIpc) is 2.95. The summed E-state index contributed by atoms with van der Waals surface area (Å²) in [4.78, 5) is 0. The summed E-state index contributed by atoms with van der Waals surface area (Å²) in [5, 5.41) is 4.14. The molecule has 2 atom stereocenters. The number of hydrogen-bond acceptors (Lipinski definition) is 2. The van der Waals surface area contributed by atoms with E-state index < -0.39 is 17.2 Å². The molecule has 1 aliphatic heterocycles. The van der Waals surface area contributed by atoms with E-state index >= 15 is 0 Å². The van der Waals surface area contributed by atoms with Gasteiger partial charge in [-0.25, -0.2) is 8.78 Å². The van der Waals surface area contributed by atoms with Crippen molar-refractivity contribution in [2.24, 2.45) is 0 Å². The molecule has 0 saturated carbocycles. The summed E-state index contributed by atoms with van der Waals surface area (Å²) < 4.78 is 34.0. The van der Waals surface area contributed by atoms with Gasteiger partial charge in [-0.3, -0.25) is 4.68 Å². The molecule has 0 amide bonds. The Morgan fingerprint density at radius 3 is 2.78 bits per heavy atom. The van der Waals surface area contributed by atoms with Gasteiger partial charge in [0.15, 0.2) is 0 Å². The number of rotatable bonds is 3. The van der Waals surface area contributed by atoms with E-state index in [4.69, 9.17) is 4.74 Å². The fourth-order valence-electron chi connectivity index (χ4n) is 2.26. The van der Waals surface area contributed by atoms with Gasteiger partial charge in [0.05, 0.1) is 12.6 Å². The lowest BCUT2D eigenvalue weighted by molar-refractivity contribution is 0.215. The Hall–Kier alpha value is -1.75. The molecule has 5 heteroatoms. The third-order valence-corrected chi connectivity index (χ3v) is 3.44. The van der Waals surface area contributed by atoms with E-state index in [1.807, 2.05) is 6.92 Å². The van der Waals surface area contributed by atoms with Crippen molar-refractivity contribution >= 4 is 0 Å². The predicted octanol–water partition coefficient (Wildman–Crippen LogP) is 2.65. The molecule has 0 aliphatic carbocycles. The molecule has 0 unspecified atom stereocenters. The van der Waals surface area contributed by atoms with Crippen molar-refractivity contribution in [1.82, 2.24) is 9.78 Å². The van der Waals surface area contributed by atoms with Crippen LogP contribution in [-0.4, -0.2) is 16.4 Å². The SMILES string of the molecule is C[C@@H](n1cccn1)[C@@]1(c2ccc(F)cc2F)CO1. The minimum absolute atomic E-state index is 0.146. The van der Waals surface area contributed by atoms with Crippen molar-refractivity contribution in [3.63, 3.8) is 0 Å². The zero-order valence-electron chi connectivity index (χ0n) is 9.81. The number of hydrogen-bond donors (Lipinski definition) is 0. The molecule has 1 aromatic carbocycles. The Labute approximate surface area is 103 Å². The van der Waals surface area contributed by atoms with Gasteiger partial charge in [0.25, 0.3) is 0 Å². The van der Waals surface area contributed by atoms with Gasteiger partial charge in [0.1, 0.15) is 17.2 Å². The van der Waals surface area contributed by atoms with Crippen molar-refractivity contribution < 1.29 is 13.5 Å². The largest absolute Gasteiger partial charge is 0.362 e. The molecular formula is C13H12F2N2O. The van der Waals surface area contributed by atoms with E-state index in [9.17, 15) is 8.78 Å². The summed E-state index contributed by atoms with van der Waals surface area (Å²) in [5.74, 6) is -1.16. The van der Waals surface area contributed by atoms with Crippen molar-refractivity contribution in [2.75, 3.05) is 6.61 Å². The van der Waals surface area contributed by atoms with Crippen LogP contribution >= 0.6 is 0 Å². The molecule has 3 rings (SSSR count). The van der Waals surface area contributed by atoms with E-state index in [0.717, 1.165) is 6.07 Å². The first-order valence-electron chi connectivity index (χ1n) is 5.72. The first-order chi connectivity index (χ1) is 8.63. The van der Waals surface area contributed by atoms with Crippen LogP contribution in [-0.2, 0) is 10.3 Å². The van der Waals surface area contributed by atoms with E-state index in [1.165, 1.54) is 12.1 Å². The number of nitrogens with zero attached hydrogens (tertiary/aromatic N) is 2. The van der Waals surface area contributed by atoms with E-state index in [0.29, 0.717) is 12.2 Å². The van der Waals surface area contributed by atoms with Gasteiger partial charge in [0, 0.05) is 24.0 Å². The zero-order chi connectivity index (χ0) is 12.8. The summed E-state index contributed by atoms with van der Waals surface area (Å²) in [6.45, 7) is 2.32. The Kier molecular flexibility index (Phi) is 2.45. The molecule has 0 bridgehead atoms. The maximum atomic E-state index is 13.8. The van der Waals surface area contributed by atoms with Crippen LogP contribution in [0.5, 0.6) is 0 Å². The first kappa shape index (κ1) is 11.3. The predicted molar refractivity (Wildman–Crippen MR) is 60.9 cm³/mol. The van der Waals surface area contributed by atoms with Crippen LogP contribution in [0.4, 0.5) is 8.78 Å². The fraction of sp³-hybridized carbons (Fsp3) is 0.308. The maximum absolute atomic E-state index is 13.8. The zero-order valence-corrected chi connectivity index (χ0v) is 9.81. The van der Waals surface area contributed by atoms with E-state index in [1.54, 1.807) is 23.1 Å². The van der Waals surface area contributed by atoms with Crippen molar-refractivity contribution in [3.8, 4) is 0 Å². The molecule has 2 aromatic rings. The van der Waals surface area contributed by atoms with Crippen LogP contribution in [0.1, 0.15) is 18.5 Å². The third-order valence-electron chi connectivity index (χ3n) is 3.44. The van der Waals surface area contributed by atoms with Crippen LogP contribution in [0.25, 0.3) is 0 Å². The number of epoxide rings is 1. The molecule has 0 radical (unpaired) electrons. The molecule has 18 heavy (non-hydrogen) atoms. The molecule has 3 nitrogen and oxygen atoms in total. The highest BCUT2D eigenvalue weighted by Gasteiger charge is 2.53. The smallest absolute Gasteiger partial charge is 0.141 e. The Morgan fingerprint density at radius 1 is 1.44 bits per heavy atom. The number of aromatic nitrogens is 2. The standard InChI is InChI=1S/C13H12F2N2O/c1-9(17-6-2-5-16-17)13(8-18-13)11-4-3-10(14)7-12(11)15/h2-7,9H,8H2,1H3/t9-,13-/m1/s1. The van der Waals surface area contributed by atoms with Gasteiger partial charge in [0.2, 0.25) is 0 Å². The summed E-state index contributed by atoms with van der Waals surface area (Å²) >= 11 is 0. The van der Waals surface area contributed by atoms with Crippen molar-refractivity contribution in [1.29, 1.82) is 0 Å². The van der Waals surface area contributed by atoms with Crippen molar-refractivity contribution in [3.05, 3.63) is 53.9 Å². The molecule has 1 fully saturated rings. The molecule has 1 aromatic heterocycles. The molecule has 94 valence electrons. The molecule has 0 spiro atoms. The van der Waals surface area contributed by atoms with E-state index in [2.05, 4.69) is 5.10 Å². The first-order valence-corrected chi connectivity index (χ1v) is 5.72. The quantitative estimate of drug-likeness (QED) is 0.784. The second-order valence-electron chi connectivity index (χ2n) is 4.46. The summed E-state index contributed by atoms with van der Waals surface area (Å²) in [7, 11) is 0. The fourth-order valence-corrected chi connectivity index (χ4v) is 2.26. The minimum Gasteiger partial charge on any atom is -0.362 e. The second kappa shape index (κ2) is 3.88. The average molecular weight is 250 g/mol. The lowest BCUT2D eigenvalue weighted by Gasteiger charge is -2.21. The van der Waals surface area contributed by atoms with Gasteiger partial charge >= 0.3 is 0 Å². The van der Waals surface area contributed by atoms with Crippen LogP contribution in [0, 0.1) is 11.6 Å². The maximum Gasteiger partial charge on any atom is 0.141 e. The van der Waals surface area contributed by atoms with Gasteiger partial charge < -0.3 is 4.74 Å². The highest BCUT2D eigenvalue weighted by Crippen LogP contribution is 2.48. The topological polar surface area (TPSA) is 30.4 Å². The Bertz CT molecular complexity index is 564. The summed E-state index contributed by atoms with van der Waals surface area (Å²) in [6.07, 6.45) is 3.46. The molecule has 1 aliphatic rings. The van der Waals surface area contributed by atoms with E-state index in [-0.39, 0.29) is 6.04 Å². The normalized spacial score (nSPS) is 23.9. The molecule has 2 heterocycles. The lowest BCUT2D eigenvalue weighted by atomic mass is 9.92. The second-order valence-corrected chi connectivity index (χ2v) is 4.46. The van der Waals surface area contributed by atoms with Gasteiger partial charge in [-0.05, 0) is 19.1 Å². The lowest BCUT2D eigenvalue weighted by Crippen LogP contribution is -2.25.